The minimum atomic E-state index is -2.94. The number of carbonyl (C=O) groups excluding carboxylic acids is 1. The van der Waals surface area contributed by atoms with Crippen molar-refractivity contribution in [1.29, 1.82) is 0 Å². The second-order valence-electron chi connectivity index (χ2n) is 5.23. The van der Waals surface area contributed by atoms with Gasteiger partial charge in [-0.15, -0.1) is 0 Å². The summed E-state index contributed by atoms with van der Waals surface area (Å²) in [5.74, 6) is -0.240. The van der Waals surface area contributed by atoms with Crippen molar-refractivity contribution in [3.8, 4) is 5.75 Å². The van der Waals surface area contributed by atoms with Gasteiger partial charge in [-0.1, -0.05) is 6.07 Å². The molecule has 2 unspecified atom stereocenters. The molecule has 2 atom stereocenters. The van der Waals surface area contributed by atoms with E-state index in [9.17, 15) is 17.6 Å². The van der Waals surface area contributed by atoms with Crippen molar-refractivity contribution in [3.05, 3.63) is 30.1 Å². The van der Waals surface area contributed by atoms with Crippen LogP contribution < -0.4 is 10.1 Å². The molecule has 1 amide bonds. The van der Waals surface area contributed by atoms with E-state index in [-0.39, 0.29) is 29.1 Å². The molecule has 0 aliphatic carbocycles. The third-order valence-electron chi connectivity index (χ3n) is 3.37. The number of carbonyl (C=O) groups is 1. The van der Waals surface area contributed by atoms with E-state index in [0.29, 0.717) is 13.0 Å². The predicted molar refractivity (Wildman–Crippen MR) is 76.3 cm³/mol. The van der Waals surface area contributed by atoms with E-state index >= 15 is 0 Å². The molecule has 1 aromatic rings. The fourth-order valence-electron chi connectivity index (χ4n) is 2.22. The average Bonchev–Trinajstić information content (AvgIpc) is 2.75. The lowest BCUT2D eigenvalue weighted by Crippen LogP contribution is -2.39. The molecule has 1 aliphatic heterocycles. The van der Waals surface area contributed by atoms with Gasteiger partial charge < -0.3 is 10.1 Å². The fourth-order valence-corrected chi connectivity index (χ4v) is 4.08. The van der Waals surface area contributed by atoms with Gasteiger partial charge in [-0.05, 0) is 31.4 Å². The Balaban J connectivity index is 1.80. The normalized spacial score (nSPS) is 21.7. The Hall–Kier alpha value is -1.63. The van der Waals surface area contributed by atoms with Gasteiger partial charge in [-0.2, -0.15) is 0 Å². The lowest BCUT2D eigenvalue weighted by Gasteiger charge is -2.16. The van der Waals surface area contributed by atoms with Gasteiger partial charge in [0, 0.05) is 12.6 Å². The quantitative estimate of drug-likeness (QED) is 0.884. The van der Waals surface area contributed by atoms with Crippen LogP contribution in [0.15, 0.2) is 24.3 Å². The SMILES string of the molecule is CC(Oc1cccc(F)c1)C(=O)NCC1CCS(=O)(=O)C1. The summed E-state index contributed by atoms with van der Waals surface area (Å²) in [5.41, 5.74) is 0. The van der Waals surface area contributed by atoms with Crippen LogP contribution in [0.4, 0.5) is 4.39 Å². The van der Waals surface area contributed by atoms with Crippen molar-refractivity contribution in [2.75, 3.05) is 18.1 Å². The zero-order chi connectivity index (χ0) is 15.5. The predicted octanol–water partition coefficient (Wildman–Crippen LogP) is 1.14. The van der Waals surface area contributed by atoms with E-state index in [1.807, 2.05) is 0 Å². The first kappa shape index (κ1) is 15.8. The molecule has 0 spiro atoms. The molecule has 2 rings (SSSR count). The number of rotatable bonds is 5. The molecule has 1 N–H and O–H groups in total. The molecule has 0 saturated carbocycles. The maximum atomic E-state index is 13.0. The average molecular weight is 315 g/mol. The first-order valence-electron chi connectivity index (χ1n) is 6.76. The zero-order valence-corrected chi connectivity index (χ0v) is 12.5. The number of amides is 1. The molecule has 1 saturated heterocycles. The number of ether oxygens (including phenoxy) is 1. The van der Waals surface area contributed by atoms with Crippen molar-refractivity contribution in [2.24, 2.45) is 5.92 Å². The second-order valence-corrected chi connectivity index (χ2v) is 7.46. The summed E-state index contributed by atoms with van der Waals surface area (Å²) in [6.07, 6.45) is -0.202. The van der Waals surface area contributed by atoms with Crippen molar-refractivity contribution in [3.63, 3.8) is 0 Å². The van der Waals surface area contributed by atoms with Gasteiger partial charge in [0.25, 0.3) is 5.91 Å². The summed E-state index contributed by atoms with van der Waals surface area (Å²) in [5, 5.41) is 2.67. The Morgan fingerprint density at radius 1 is 1.52 bits per heavy atom. The minimum Gasteiger partial charge on any atom is -0.481 e. The Morgan fingerprint density at radius 2 is 2.29 bits per heavy atom. The smallest absolute Gasteiger partial charge is 0.260 e. The Bertz CT molecular complexity index is 617. The highest BCUT2D eigenvalue weighted by atomic mass is 32.2. The number of halogens is 1. The molecular weight excluding hydrogens is 297 g/mol. The molecule has 0 radical (unpaired) electrons. The lowest BCUT2D eigenvalue weighted by atomic mass is 10.1. The zero-order valence-electron chi connectivity index (χ0n) is 11.7. The molecule has 0 bridgehead atoms. The molecule has 1 fully saturated rings. The minimum absolute atomic E-state index is 0.0414. The van der Waals surface area contributed by atoms with Crippen molar-refractivity contribution >= 4 is 15.7 Å². The topological polar surface area (TPSA) is 72.5 Å². The fraction of sp³-hybridized carbons (Fsp3) is 0.500. The van der Waals surface area contributed by atoms with E-state index < -0.39 is 21.8 Å². The number of hydrogen-bond donors (Lipinski definition) is 1. The molecule has 21 heavy (non-hydrogen) atoms. The second kappa shape index (κ2) is 6.43. The summed E-state index contributed by atoms with van der Waals surface area (Å²) in [6.45, 7) is 1.88. The number of hydrogen-bond acceptors (Lipinski definition) is 4. The van der Waals surface area contributed by atoms with Gasteiger partial charge in [0.1, 0.15) is 11.6 Å². The molecular formula is C14H18FNO4S. The highest BCUT2D eigenvalue weighted by Crippen LogP contribution is 2.17. The first-order chi connectivity index (χ1) is 9.85. The number of benzene rings is 1. The maximum absolute atomic E-state index is 13.0. The standard InChI is InChI=1S/C14H18FNO4S/c1-10(20-13-4-2-3-12(15)7-13)14(17)16-8-11-5-6-21(18,19)9-11/h2-4,7,10-11H,5-6,8-9H2,1H3,(H,16,17). The summed E-state index contributed by atoms with van der Waals surface area (Å²) < 4.78 is 41.0. The van der Waals surface area contributed by atoms with Gasteiger partial charge in [0.15, 0.2) is 15.9 Å². The highest BCUT2D eigenvalue weighted by molar-refractivity contribution is 7.91. The van der Waals surface area contributed by atoms with Crippen LogP contribution in [-0.2, 0) is 14.6 Å². The van der Waals surface area contributed by atoms with Gasteiger partial charge in [-0.3, -0.25) is 4.79 Å². The molecule has 5 nitrogen and oxygen atoms in total. The Kier molecular flexibility index (Phi) is 4.82. The summed E-state index contributed by atoms with van der Waals surface area (Å²) in [7, 11) is -2.94. The van der Waals surface area contributed by atoms with Crippen molar-refractivity contribution < 1.29 is 22.3 Å². The first-order valence-corrected chi connectivity index (χ1v) is 8.58. The highest BCUT2D eigenvalue weighted by Gasteiger charge is 2.28. The molecule has 116 valence electrons. The summed E-state index contributed by atoms with van der Waals surface area (Å²) in [4.78, 5) is 11.9. The molecule has 1 aliphatic rings. The van der Waals surface area contributed by atoms with Crippen LogP contribution in [0.5, 0.6) is 5.75 Å². The van der Waals surface area contributed by atoms with Crippen LogP contribution in [0.2, 0.25) is 0 Å². The molecule has 1 aromatic carbocycles. The lowest BCUT2D eigenvalue weighted by molar-refractivity contribution is -0.127. The van der Waals surface area contributed by atoms with Crippen LogP contribution in [0, 0.1) is 11.7 Å². The van der Waals surface area contributed by atoms with Crippen LogP contribution in [0.3, 0.4) is 0 Å². The maximum Gasteiger partial charge on any atom is 0.260 e. The van der Waals surface area contributed by atoms with Gasteiger partial charge in [0.2, 0.25) is 0 Å². The van der Waals surface area contributed by atoms with Gasteiger partial charge in [0.05, 0.1) is 11.5 Å². The van der Waals surface area contributed by atoms with Crippen LogP contribution in [0.25, 0.3) is 0 Å². The molecule has 1 heterocycles. The number of sulfone groups is 1. The van der Waals surface area contributed by atoms with Gasteiger partial charge >= 0.3 is 0 Å². The van der Waals surface area contributed by atoms with Crippen molar-refractivity contribution in [2.45, 2.75) is 19.4 Å². The summed E-state index contributed by atoms with van der Waals surface area (Å²) in [6, 6.07) is 5.56. The third-order valence-corrected chi connectivity index (χ3v) is 5.21. The van der Waals surface area contributed by atoms with E-state index in [1.165, 1.54) is 18.2 Å². The summed E-state index contributed by atoms with van der Waals surface area (Å²) >= 11 is 0. The third kappa shape index (κ3) is 4.70. The molecule has 0 aromatic heterocycles. The Morgan fingerprint density at radius 3 is 2.90 bits per heavy atom. The van der Waals surface area contributed by atoms with E-state index in [2.05, 4.69) is 5.32 Å². The monoisotopic (exact) mass is 315 g/mol. The van der Waals surface area contributed by atoms with Crippen LogP contribution >= 0.6 is 0 Å². The van der Waals surface area contributed by atoms with Crippen LogP contribution in [0.1, 0.15) is 13.3 Å². The van der Waals surface area contributed by atoms with Crippen LogP contribution in [-0.4, -0.2) is 38.5 Å². The van der Waals surface area contributed by atoms with E-state index in [1.54, 1.807) is 13.0 Å². The van der Waals surface area contributed by atoms with E-state index in [0.717, 1.165) is 0 Å². The van der Waals surface area contributed by atoms with E-state index in [4.69, 9.17) is 4.74 Å². The number of nitrogens with one attached hydrogen (secondary N) is 1. The molecule has 7 heteroatoms. The van der Waals surface area contributed by atoms with Gasteiger partial charge in [-0.25, -0.2) is 12.8 Å². The Labute approximate surface area is 123 Å². The largest absolute Gasteiger partial charge is 0.481 e. The van der Waals surface area contributed by atoms with Crippen molar-refractivity contribution in [1.82, 2.24) is 5.32 Å².